The number of thioether (sulfide) groups is 1. The quantitative estimate of drug-likeness (QED) is 0.793. The molecule has 0 aliphatic heterocycles. The number of aryl methyl sites for hydroxylation is 2. The van der Waals surface area contributed by atoms with E-state index in [2.05, 4.69) is 44.2 Å². The second-order valence-electron chi connectivity index (χ2n) is 5.35. The monoisotopic (exact) mass is 301 g/mol. The molecule has 0 radical (unpaired) electrons. The molecule has 0 amide bonds. The van der Waals surface area contributed by atoms with Gasteiger partial charge in [-0.1, -0.05) is 42.5 Å². The van der Waals surface area contributed by atoms with Crippen LogP contribution >= 0.6 is 11.8 Å². The average Bonchev–Trinajstić information content (AvgIpc) is 2.47. The van der Waals surface area contributed by atoms with E-state index in [0.717, 1.165) is 11.3 Å². The van der Waals surface area contributed by atoms with E-state index in [-0.39, 0.29) is 0 Å². The van der Waals surface area contributed by atoms with Gasteiger partial charge in [-0.3, -0.25) is 0 Å². The fraction of sp³-hybridized carbons (Fsp3) is 0.333. The number of aliphatic hydroxyl groups is 1. The molecule has 0 heterocycles. The summed E-state index contributed by atoms with van der Waals surface area (Å²) in [5.74, 6) is 0.912. The molecule has 0 spiro atoms. The molecule has 3 N–H and O–H groups in total. The van der Waals surface area contributed by atoms with Gasteiger partial charge in [-0.05, 0) is 49.1 Å². The summed E-state index contributed by atoms with van der Waals surface area (Å²) in [4.78, 5) is 1.35. The van der Waals surface area contributed by atoms with Crippen LogP contribution in [-0.4, -0.2) is 11.7 Å². The second kappa shape index (κ2) is 7.64. The van der Waals surface area contributed by atoms with Crippen molar-refractivity contribution in [3.05, 3.63) is 64.7 Å². The molecular formula is C18H23NOS. The fourth-order valence-electron chi connectivity index (χ4n) is 2.40. The Hall–Kier alpha value is -1.29. The van der Waals surface area contributed by atoms with Crippen LogP contribution in [0.1, 0.15) is 34.8 Å². The Labute approximate surface area is 131 Å². The highest BCUT2D eigenvalue weighted by Gasteiger charge is 2.08. The molecule has 2 aromatic carbocycles. The van der Waals surface area contributed by atoms with E-state index in [1.54, 1.807) is 0 Å². The number of rotatable bonds is 6. The maximum absolute atomic E-state index is 10.0. The van der Waals surface area contributed by atoms with Crippen molar-refractivity contribution in [1.82, 2.24) is 0 Å². The summed E-state index contributed by atoms with van der Waals surface area (Å²) in [5, 5.41) is 10.0. The van der Waals surface area contributed by atoms with Gasteiger partial charge in [0, 0.05) is 10.6 Å². The lowest BCUT2D eigenvalue weighted by Crippen LogP contribution is -2.06. The van der Waals surface area contributed by atoms with Crippen LogP contribution in [0.4, 0.5) is 0 Å². The second-order valence-corrected chi connectivity index (χ2v) is 6.33. The third-order valence-corrected chi connectivity index (χ3v) is 4.98. The van der Waals surface area contributed by atoms with Gasteiger partial charge in [0.05, 0.1) is 6.10 Å². The standard InChI is InChI=1S/C18H23NOS/c1-13-5-3-6-14(2)18(13)21-12-15-7-4-8-16(11-15)17(20)9-10-19/h3-8,11,17,20H,9-10,12,19H2,1-2H3/t17-/m1/s1. The van der Waals surface area contributed by atoms with Gasteiger partial charge in [-0.25, -0.2) is 0 Å². The topological polar surface area (TPSA) is 46.2 Å². The zero-order valence-electron chi connectivity index (χ0n) is 12.7. The molecule has 0 aromatic heterocycles. The molecule has 1 atom stereocenters. The third-order valence-electron chi connectivity index (χ3n) is 3.57. The zero-order chi connectivity index (χ0) is 15.2. The Balaban J connectivity index is 2.08. The molecule has 0 saturated carbocycles. The normalized spacial score (nSPS) is 12.4. The largest absolute Gasteiger partial charge is 0.388 e. The molecule has 2 aromatic rings. The molecule has 21 heavy (non-hydrogen) atoms. The highest BCUT2D eigenvalue weighted by molar-refractivity contribution is 7.98. The number of hydrogen-bond donors (Lipinski definition) is 2. The van der Waals surface area contributed by atoms with Crippen LogP contribution in [0.2, 0.25) is 0 Å². The van der Waals surface area contributed by atoms with Crippen molar-refractivity contribution in [1.29, 1.82) is 0 Å². The van der Waals surface area contributed by atoms with Crippen molar-refractivity contribution in [2.24, 2.45) is 5.73 Å². The first kappa shape index (κ1) is 16.1. The summed E-state index contributed by atoms with van der Waals surface area (Å²) in [6.45, 7) is 4.80. The van der Waals surface area contributed by atoms with Crippen molar-refractivity contribution < 1.29 is 5.11 Å². The molecule has 2 nitrogen and oxygen atoms in total. The average molecular weight is 301 g/mol. The summed E-state index contributed by atoms with van der Waals surface area (Å²) >= 11 is 1.85. The van der Waals surface area contributed by atoms with E-state index in [1.807, 2.05) is 23.9 Å². The minimum absolute atomic E-state index is 0.458. The Kier molecular flexibility index (Phi) is 5.85. The summed E-state index contributed by atoms with van der Waals surface area (Å²) in [7, 11) is 0. The van der Waals surface area contributed by atoms with E-state index in [9.17, 15) is 5.11 Å². The van der Waals surface area contributed by atoms with Crippen LogP contribution in [0.15, 0.2) is 47.4 Å². The zero-order valence-corrected chi connectivity index (χ0v) is 13.5. The maximum Gasteiger partial charge on any atom is 0.0802 e. The van der Waals surface area contributed by atoms with Gasteiger partial charge in [-0.2, -0.15) is 0 Å². The van der Waals surface area contributed by atoms with Crippen LogP contribution in [0.3, 0.4) is 0 Å². The molecular weight excluding hydrogens is 278 g/mol. The van der Waals surface area contributed by atoms with Crippen molar-refractivity contribution >= 4 is 11.8 Å². The van der Waals surface area contributed by atoms with Gasteiger partial charge in [0.15, 0.2) is 0 Å². The first-order chi connectivity index (χ1) is 10.1. The Morgan fingerprint density at radius 1 is 1.10 bits per heavy atom. The van der Waals surface area contributed by atoms with Crippen molar-refractivity contribution in [2.75, 3.05) is 6.54 Å². The van der Waals surface area contributed by atoms with Crippen LogP contribution in [-0.2, 0) is 5.75 Å². The van der Waals surface area contributed by atoms with Gasteiger partial charge in [0.2, 0.25) is 0 Å². The fourth-order valence-corrected chi connectivity index (χ4v) is 3.48. The molecule has 0 fully saturated rings. The molecule has 3 heteroatoms. The van der Waals surface area contributed by atoms with Crippen LogP contribution in [0, 0.1) is 13.8 Å². The van der Waals surface area contributed by atoms with Crippen LogP contribution in [0.5, 0.6) is 0 Å². The lowest BCUT2D eigenvalue weighted by molar-refractivity contribution is 0.170. The minimum Gasteiger partial charge on any atom is -0.388 e. The van der Waals surface area contributed by atoms with Crippen LogP contribution < -0.4 is 5.73 Å². The highest BCUT2D eigenvalue weighted by atomic mass is 32.2. The molecule has 0 bridgehead atoms. The summed E-state index contributed by atoms with van der Waals surface area (Å²) in [6, 6.07) is 14.6. The van der Waals surface area contributed by atoms with Crippen molar-refractivity contribution in [3.8, 4) is 0 Å². The van der Waals surface area contributed by atoms with Gasteiger partial charge in [-0.15, -0.1) is 11.8 Å². The Bertz CT molecular complexity index is 577. The molecule has 2 rings (SSSR count). The molecule has 0 saturated heterocycles. The minimum atomic E-state index is -0.458. The molecule has 0 aliphatic carbocycles. The number of nitrogens with two attached hydrogens (primary N) is 1. The van der Waals surface area contributed by atoms with Crippen molar-refractivity contribution in [2.45, 2.75) is 37.0 Å². The lowest BCUT2D eigenvalue weighted by Gasteiger charge is -2.12. The molecule has 0 unspecified atom stereocenters. The predicted octanol–water partition coefficient (Wildman–Crippen LogP) is 3.98. The Morgan fingerprint density at radius 2 is 1.76 bits per heavy atom. The van der Waals surface area contributed by atoms with Crippen molar-refractivity contribution in [3.63, 3.8) is 0 Å². The van der Waals surface area contributed by atoms with Gasteiger partial charge >= 0.3 is 0 Å². The number of benzene rings is 2. The number of aliphatic hydroxyl groups excluding tert-OH is 1. The molecule has 112 valence electrons. The summed E-state index contributed by atoms with van der Waals surface area (Å²) < 4.78 is 0. The van der Waals surface area contributed by atoms with E-state index < -0.39 is 6.10 Å². The maximum atomic E-state index is 10.0. The number of hydrogen-bond acceptors (Lipinski definition) is 3. The first-order valence-electron chi connectivity index (χ1n) is 7.28. The Morgan fingerprint density at radius 3 is 2.43 bits per heavy atom. The summed E-state index contributed by atoms with van der Waals surface area (Å²) in [6.07, 6.45) is 0.146. The summed E-state index contributed by atoms with van der Waals surface area (Å²) in [5.41, 5.74) is 10.3. The highest BCUT2D eigenvalue weighted by Crippen LogP contribution is 2.29. The van der Waals surface area contributed by atoms with Gasteiger partial charge in [0.1, 0.15) is 0 Å². The van der Waals surface area contributed by atoms with E-state index in [4.69, 9.17) is 5.73 Å². The van der Waals surface area contributed by atoms with E-state index in [1.165, 1.54) is 21.6 Å². The van der Waals surface area contributed by atoms with E-state index in [0.29, 0.717) is 13.0 Å². The van der Waals surface area contributed by atoms with Gasteiger partial charge < -0.3 is 10.8 Å². The predicted molar refractivity (Wildman–Crippen MR) is 90.6 cm³/mol. The van der Waals surface area contributed by atoms with E-state index >= 15 is 0 Å². The SMILES string of the molecule is Cc1cccc(C)c1SCc1cccc([C@H](O)CCN)c1. The first-order valence-corrected chi connectivity index (χ1v) is 8.26. The molecule has 0 aliphatic rings. The smallest absolute Gasteiger partial charge is 0.0802 e. The van der Waals surface area contributed by atoms with Crippen LogP contribution in [0.25, 0.3) is 0 Å². The third kappa shape index (κ3) is 4.34. The van der Waals surface area contributed by atoms with Gasteiger partial charge in [0.25, 0.3) is 0 Å². The lowest BCUT2D eigenvalue weighted by atomic mass is 10.0.